The van der Waals surface area contributed by atoms with Crippen molar-refractivity contribution in [2.75, 3.05) is 17.7 Å². The molecule has 1 N–H and O–H groups in total. The van der Waals surface area contributed by atoms with Gasteiger partial charge in [-0.25, -0.2) is 4.79 Å². The number of hydrogen-bond acceptors (Lipinski definition) is 9. The molecule has 1 aliphatic rings. The summed E-state index contributed by atoms with van der Waals surface area (Å²) in [7, 11) is 0. The Morgan fingerprint density at radius 2 is 2.25 bits per heavy atom. The van der Waals surface area contributed by atoms with Gasteiger partial charge in [-0.05, 0) is 50.7 Å². The Hall–Kier alpha value is -2.66. The van der Waals surface area contributed by atoms with Crippen molar-refractivity contribution < 1.29 is 18.7 Å². The second-order valence-corrected chi connectivity index (χ2v) is 9.76. The largest absolute Gasteiger partial charge is 0.462 e. The molecule has 170 valence electrons. The van der Waals surface area contributed by atoms with Crippen LogP contribution in [0.1, 0.15) is 52.7 Å². The molecule has 0 radical (unpaired) electrons. The van der Waals surface area contributed by atoms with Crippen LogP contribution in [0.3, 0.4) is 0 Å². The highest BCUT2D eigenvalue weighted by atomic mass is 32.2. The van der Waals surface area contributed by atoms with Crippen LogP contribution in [-0.2, 0) is 28.9 Å². The number of aromatic nitrogens is 4. The predicted octanol–water partition coefficient (Wildman–Crippen LogP) is 3.72. The number of rotatable bonds is 8. The number of ether oxygens (including phenoxy) is 1. The van der Waals surface area contributed by atoms with Crippen molar-refractivity contribution in [3.05, 3.63) is 39.9 Å². The molecule has 0 bridgehead atoms. The molecule has 4 rings (SSSR count). The van der Waals surface area contributed by atoms with Gasteiger partial charge in [0.05, 0.1) is 23.6 Å². The molecule has 0 aliphatic heterocycles. The number of nitrogens with zero attached hydrogens (tertiary/aromatic N) is 4. The maximum absolute atomic E-state index is 12.6. The number of fused-ring (bicyclic) bond motifs is 1. The monoisotopic (exact) mass is 475 g/mol. The van der Waals surface area contributed by atoms with Gasteiger partial charge in [-0.1, -0.05) is 18.7 Å². The van der Waals surface area contributed by atoms with E-state index >= 15 is 0 Å². The van der Waals surface area contributed by atoms with Crippen LogP contribution in [-0.4, -0.2) is 44.2 Å². The number of thiophene rings is 1. The van der Waals surface area contributed by atoms with Crippen molar-refractivity contribution in [2.24, 2.45) is 5.92 Å². The highest BCUT2D eigenvalue weighted by Gasteiger charge is 2.29. The van der Waals surface area contributed by atoms with Crippen molar-refractivity contribution in [3.63, 3.8) is 0 Å². The molecule has 0 fully saturated rings. The zero-order chi connectivity index (χ0) is 22.7. The van der Waals surface area contributed by atoms with E-state index in [0.29, 0.717) is 40.7 Å². The molecule has 1 aliphatic carbocycles. The molecular formula is C21H25N5O4S2. The topological polar surface area (TPSA) is 112 Å². The minimum Gasteiger partial charge on any atom is -0.462 e. The molecule has 3 aromatic heterocycles. The molecule has 3 aromatic rings. The average Bonchev–Trinajstić information content (AvgIpc) is 3.45. The van der Waals surface area contributed by atoms with E-state index in [2.05, 4.69) is 27.5 Å². The van der Waals surface area contributed by atoms with Crippen LogP contribution in [0.5, 0.6) is 0 Å². The summed E-state index contributed by atoms with van der Waals surface area (Å²) >= 11 is 2.62. The number of anilines is 1. The van der Waals surface area contributed by atoms with Crippen LogP contribution in [0.25, 0.3) is 0 Å². The fourth-order valence-electron chi connectivity index (χ4n) is 3.60. The summed E-state index contributed by atoms with van der Waals surface area (Å²) in [6.45, 7) is 6.55. The van der Waals surface area contributed by atoms with Gasteiger partial charge in [0.15, 0.2) is 0 Å². The van der Waals surface area contributed by atoms with E-state index in [-0.39, 0.29) is 17.6 Å². The molecule has 1 amide bonds. The maximum Gasteiger partial charge on any atom is 0.341 e. The SMILES string of the molecule is CCOC(=O)c1c(NC(=O)CSc2nnc(Cn3ccc(C)n3)o2)sc2c1CC[C@H](C)C2. The van der Waals surface area contributed by atoms with Crippen LogP contribution in [0.2, 0.25) is 0 Å². The fourth-order valence-corrected chi connectivity index (χ4v) is 5.59. The smallest absolute Gasteiger partial charge is 0.341 e. The second-order valence-electron chi connectivity index (χ2n) is 7.73. The van der Waals surface area contributed by atoms with Crippen LogP contribution in [0.4, 0.5) is 5.00 Å². The summed E-state index contributed by atoms with van der Waals surface area (Å²) in [5.41, 5.74) is 2.43. The summed E-state index contributed by atoms with van der Waals surface area (Å²) in [6, 6.07) is 1.89. The average molecular weight is 476 g/mol. The lowest BCUT2D eigenvalue weighted by atomic mass is 9.88. The lowest BCUT2D eigenvalue weighted by Gasteiger charge is -2.18. The Balaban J connectivity index is 1.39. The zero-order valence-electron chi connectivity index (χ0n) is 18.2. The molecule has 9 nitrogen and oxygen atoms in total. The molecule has 1 atom stereocenters. The lowest BCUT2D eigenvalue weighted by molar-refractivity contribution is -0.113. The first kappa shape index (κ1) is 22.5. The van der Waals surface area contributed by atoms with Crippen LogP contribution >= 0.6 is 23.1 Å². The number of thioether (sulfide) groups is 1. The van der Waals surface area contributed by atoms with Gasteiger partial charge in [-0.3, -0.25) is 9.48 Å². The summed E-state index contributed by atoms with van der Waals surface area (Å²) in [4.78, 5) is 26.4. The van der Waals surface area contributed by atoms with Crippen molar-refractivity contribution in [3.8, 4) is 0 Å². The Morgan fingerprint density at radius 3 is 3.00 bits per heavy atom. The van der Waals surface area contributed by atoms with E-state index in [9.17, 15) is 9.59 Å². The Labute approximate surface area is 193 Å². The van der Waals surface area contributed by atoms with E-state index < -0.39 is 0 Å². The minimum absolute atomic E-state index is 0.0870. The number of nitrogens with one attached hydrogen (secondary N) is 1. The van der Waals surface area contributed by atoms with Gasteiger partial charge in [0.1, 0.15) is 11.5 Å². The maximum atomic E-state index is 12.6. The van der Waals surface area contributed by atoms with Gasteiger partial charge in [0.2, 0.25) is 11.8 Å². The van der Waals surface area contributed by atoms with E-state index in [1.807, 2.05) is 19.2 Å². The fraction of sp³-hybridized carbons (Fsp3) is 0.476. The van der Waals surface area contributed by atoms with Gasteiger partial charge in [0.25, 0.3) is 5.22 Å². The molecule has 11 heteroatoms. The van der Waals surface area contributed by atoms with Crippen molar-refractivity contribution in [1.29, 1.82) is 0 Å². The molecule has 0 saturated carbocycles. The number of esters is 1. The van der Waals surface area contributed by atoms with Gasteiger partial charge in [-0.2, -0.15) is 5.10 Å². The number of carbonyl (C=O) groups excluding carboxylic acids is 2. The summed E-state index contributed by atoms with van der Waals surface area (Å²) < 4.78 is 12.6. The Kier molecular flexibility index (Phi) is 6.95. The minimum atomic E-state index is -0.377. The number of hydrogen-bond donors (Lipinski definition) is 1. The standard InChI is InChI=1S/C21H25N5O4S2/c1-4-29-20(28)18-14-6-5-12(2)9-15(14)32-19(18)22-16(27)11-31-21-24-23-17(30-21)10-26-8-7-13(3)25-26/h7-8,12H,4-6,9-11H2,1-3H3,(H,22,27)/t12-/m0/s1. The first-order valence-electron chi connectivity index (χ1n) is 10.5. The molecule has 3 heterocycles. The Bertz CT molecular complexity index is 1120. The van der Waals surface area contributed by atoms with E-state index in [4.69, 9.17) is 9.15 Å². The number of aryl methyl sites for hydroxylation is 1. The summed E-state index contributed by atoms with van der Waals surface area (Å²) in [6.07, 6.45) is 4.60. The molecule has 0 aromatic carbocycles. The van der Waals surface area contributed by atoms with Crippen molar-refractivity contribution >= 4 is 40.0 Å². The van der Waals surface area contributed by atoms with Crippen molar-refractivity contribution in [1.82, 2.24) is 20.0 Å². The third-order valence-electron chi connectivity index (χ3n) is 5.09. The van der Waals surface area contributed by atoms with E-state index in [1.54, 1.807) is 11.6 Å². The number of amides is 1. The summed E-state index contributed by atoms with van der Waals surface area (Å²) in [5, 5.41) is 16.0. The molecular weight excluding hydrogens is 450 g/mol. The first-order valence-corrected chi connectivity index (χ1v) is 12.3. The second kappa shape index (κ2) is 9.86. The summed E-state index contributed by atoms with van der Waals surface area (Å²) in [5.74, 6) is 0.449. The molecule has 0 spiro atoms. The van der Waals surface area contributed by atoms with Gasteiger partial charge < -0.3 is 14.5 Å². The van der Waals surface area contributed by atoms with Crippen LogP contribution < -0.4 is 5.32 Å². The Morgan fingerprint density at radius 1 is 1.41 bits per heavy atom. The highest BCUT2D eigenvalue weighted by molar-refractivity contribution is 7.99. The van der Waals surface area contributed by atoms with Crippen molar-refractivity contribution in [2.45, 2.75) is 51.8 Å². The van der Waals surface area contributed by atoms with E-state index in [0.717, 1.165) is 47.2 Å². The quantitative estimate of drug-likeness (QED) is 0.388. The normalized spacial score (nSPS) is 15.4. The van der Waals surface area contributed by atoms with Crippen LogP contribution in [0.15, 0.2) is 21.9 Å². The predicted molar refractivity (Wildman–Crippen MR) is 121 cm³/mol. The lowest BCUT2D eigenvalue weighted by Crippen LogP contribution is -2.17. The number of carbonyl (C=O) groups is 2. The molecule has 32 heavy (non-hydrogen) atoms. The van der Waals surface area contributed by atoms with E-state index in [1.165, 1.54) is 11.3 Å². The van der Waals surface area contributed by atoms with Gasteiger partial charge in [-0.15, -0.1) is 21.5 Å². The third kappa shape index (κ3) is 5.21. The van der Waals surface area contributed by atoms with Crippen LogP contribution in [0, 0.1) is 12.8 Å². The zero-order valence-corrected chi connectivity index (χ0v) is 19.8. The third-order valence-corrected chi connectivity index (χ3v) is 7.08. The highest BCUT2D eigenvalue weighted by Crippen LogP contribution is 2.40. The van der Waals surface area contributed by atoms with Gasteiger partial charge in [0, 0.05) is 11.1 Å². The van der Waals surface area contributed by atoms with Gasteiger partial charge >= 0.3 is 5.97 Å². The molecule has 0 saturated heterocycles. The molecule has 0 unspecified atom stereocenters. The first-order chi connectivity index (χ1) is 15.4.